The fourth-order valence-electron chi connectivity index (χ4n) is 4.85. The number of rotatable bonds is 6. The number of fused-ring (bicyclic) bond motifs is 1. The number of carbonyl (C=O) groups excluding carboxylic acids is 3. The molecule has 9 heteroatoms. The van der Waals surface area contributed by atoms with E-state index in [2.05, 4.69) is 4.99 Å². The number of hydrogen-bond acceptors (Lipinski definition) is 8. The van der Waals surface area contributed by atoms with Crippen molar-refractivity contribution < 1.29 is 23.9 Å². The number of amidine groups is 1. The van der Waals surface area contributed by atoms with Crippen LogP contribution >= 0.6 is 11.8 Å². The van der Waals surface area contributed by atoms with Crippen molar-refractivity contribution in [3.8, 4) is 0 Å². The molecule has 2 unspecified atom stereocenters. The first-order valence-electron chi connectivity index (χ1n) is 11.9. The molecule has 3 aliphatic heterocycles. The lowest BCUT2D eigenvalue weighted by Crippen LogP contribution is -2.44. The Morgan fingerprint density at radius 3 is 2.69 bits per heavy atom. The lowest BCUT2D eigenvalue weighted by molar-refractivity contribution is -0.151. The Kier molecular flexibility index (Phi) is 7.64. The zero-order valence-corrected chi connectivity index (χ0v) is 21.4. The van der Waals surface area contributed by atoms with Gasteiger partial charge in [0.15, 0.2) is 5.17 Å². The van der Waals surface area contributed by atoms with Crippen molar-refractivity contribution in [1.29, 1.82) is 0 Å². The molecule has 2 atom stereocenters. The number of esters is 2. The molecule has 0 spiro atoms. The zero-order valence-electron chi connectivity index (χ0n) is 20.6. The second kappa shape index (κ2) is 10.7. The Morgan fingerprint density at radius 2 is 1.97 bits per heavy atom. The summed E-state index contributed by atoms with van der Waals surface area (Å²) in [6.07, 6.45) is 1.64. The second-order valence-corrected chi connectivity index (χ2v) is 9.69. The number of thioether (sulfide) groups is 1. The number of amides is 1. The molecule has 0 radical (unpaired) electrons. The molecule has 1 amide bonds. The van der Waals surface area contributed by atoms with Gasteiger partial charge in [0, 0.05) is 18.8 Å². The van der Waals surface area contributed by atoms with E-state index in [1.165, 1.54) is 18.9 Å². The number of likely N-dealkylation sites (tertiary alicyclic amines) is 1. The number of nitrogens with zero attached hydrogens (tertiary/aromatic N) is 3. The van der Waals surface area contributed by atoms with Crippen LogP contribution < -0.4 is 0 Å². The maximum Gasteiger partial charge on any atom is 0.338 e. The fourth-order valence-corrected chi connectivity index (χ4v) is 5.82. The number of carbonyl (C=O) groups is 3. The average molecular weight is 498 g/mol. The molecule has 0 saturated carbocycles. The first-order chi connectivity index (χ1) is 16.8. The lowest BCUT2D eigenvalue weighted by atomic mass is 9.91. The molecular weight excluding hydrogens is 466 g/mol. The summed E-state index contributed by atoms with van der Waals surface area (Å²) in [6, 6.07) is 7.46. The Bertz CT molecular complexity index is 1130. The smallest absolute Gasteiger partial charge is 0.338 e. The summed E-state index contributed by atoms with van der Waals surface area (Å²) in [6.45, 7) is 6.92. The van der Waals surface area contributed by atoms with Crippen LogP contribution in [0, 0.1) is 12.8 Å². The van der Waals surface area contributed by atoms with Crippen molar-refractivity contribution in [3.05, 3.63) is 57.8 Å². The third kappa shape index (κ3) is 5.00. The van der Waals surface area contributed by atoms with Crippen molar-refractivity contribution in [2.75, 3.05) is 26.8 Å². The first kappa shape index (κ1) is 25.0. The monoisotopic (exact) mass is 497 g/mol. The van der Waals surface area contributed by atoms with Gasteiger partial charge in [-0.15, -0.1) is 0 Å². The van der Waals surface area contributed by atoms with E-state index < -0.39 is 12.0 Å². The molecule has 1 saturated heterocycles. The number of methoxy groups -OCH3 is 1. The summed E-state index contributed by atoms with van der Waals surface area (Å²) >= 11 is 1.45. The van der Waals surface area contributed by atoms with Gasteiger partial charge < -0.3 is 19.3 Å². The van der Waals surface area contributed by atoms with Crippen molar-refractivity contribution in [3.63, 3.8) is 0 Å². The maximum atomic E-state index is 13.4. The largest absolute Gasteiger partial charge is 0.466 e. The molecule has 0 N–H and O–H groups in total. The fraction of sp³-hybridized carbons (Fsp3) is 0.462. The SMILES string of the molecule is CCOC(=O)C1CCCN(C(=O)CC2=CSC3=NC(C)=C(C(=O)OC)C(c4ccccc4C)N23)C1. The summed E-state index contributed by atoms with van der Waals surface area (Å²) in [4.78, 5) is 46.9. The number of hydrogen-bond donors (Lipinski definition) is 0. The minimum atomic E-state index is -0.446. The molecule has 0 bridgehead atoms. The van der Waals surface area contributed by atoms with Gasteiger partial charge >= 0.3 is 11.9 Å². The molecule has 3 heterocycles. The third-order valence-corrected chi connectivity index (χ3v) is 7.50. The number of piperidine rings is 1. The molecule has 35 heavy (non-hydrogen) atoms. The number of allylic oxidation sites excluding steroid dienone is 1. The van der Waals surface area contributed by atoms with Gasteiger partial charge in [-0.3, -0.25) is 9.59 Å². The highest BCUT2D eigenvalue weighted by Gasteiger charge is 2.42. The normalized spacial score (nSPS) is 21.8. The van der Waals surface area contributed by atoms with E-state index in [0.29, 0.717) is 31.0 Å². The molecule has 186 valence electrons. The van der Waals surface area contributed by atoms with Crippen LogP contribution in [-0.2, 0) is 23.9 Å². The number of ether oxygens (including phenoxy) is 2. The highest BCUT2D eigenvalue weighted by atomic mass is 32.2. The topological polar surface area (TPSA) is 88.5 Å². The van der Waals surface area contributed by atoms with Crippen molar-refractivity contribution in [2.45, 2.75) is 46.1 Å². The standard InChI is InChI=1S/C26H31N3O5S/c1-5-34-24(31)18-10-8-12-28(14-18)21(30)13-19-15-35-26-27-17(3)22(25(32)33-4)23(29(19)26)20-11-7-6-9-16(20)2/h6-7,9,11,15,18,23H,5,8,10,12-14H2,1-4H3. The molecule has 3 aliphatic rings. The molecule has 0 aliphatic carbocycles. The van der Waals surface area contributed by atoms with Gasteiger partial charge in [0.25, 0.3) is 0 Å². The van der Waals surface area contributed by atoms with E-state index in [-0.39, 0.29) is 24.2 Å². The van der Waals surface area contributed by atoms with Gasteiger partial charge in [0.1, 0.15) is 0 Å². The van der Waals surface area contributed by atoms with E-state index in [9.17, 15) is 14.4 Å². The number of aryl methyl sites for hydroxylation is 1. The van der Waals surface area contributed by atoms with Crippen molar-refractivity contribution >= 4 is 34.8 Å². The minimum absolute atomic E-state index is 0.0541. The van der Waals surface area contributed by atoms with Crippen LogP contribution in [0.2, 0.25) is 0 Å². The maximum absolute atomic E-state index is 13.4. The average Bonchev–Trinajstić information content (AvgIpc) is 3.25. The summed E-state index contributed by atoms with van der Waals surface area (Å²) in [7, 11) is 1.37. The Morgan fingerprint density at radius 1 is 1.20 bits per heavy atom. The van der Waals surface area contributed by atoms with E-state index in [1.54, 1.807) is 11.8 Å². The van der Waals surface area contributed by atoms with Crippen LogP contribution in [0.25, 0.3) is 0 Å². The third-order valence-electron chi connectivity index (χ3n) is 6.62. The molecule has 0 aromatic heterocycles. The van der Waals surface area contributed by atoms with Gasteiger partial charge in [-0.1, -0.05) is 36.0 Å². The van der Waals surface area contributed by atoms with Crippen LogP contribution in [0.4, 0.5) is 0 Å². The van der Waals surface area contributed by atoms with Gasteiger partial charge in [0.05, 0.1) is 43.4 Å². The van der Waals surface area contributed by atoms with E-state index >= 15 is 0 Å². The van der Waals surface area contributed by atoms with Crippen LogP contribution in [0.1, 0.15) is 50.3 Å². The molecule has 4 rings (SSSR count). The van der Waals surface area contributed by atoms with Crippen LogP contribution in [0.5, 0.6) is 0 Å². The molecule has 8 nitrogen and oxygen atoms in total. The minimum Gasteiger partial charge on any atom is -0.466 e. The van der Waals surface area contributed by atoms with E-state index in [1.807, 2.05) is 48.4 Å². The van der Waals surface area contributed by atoms with Crippen LogP contribution in [0.15, 0.2) is 51.6 Å². The van der Waals surface area contributed by atoms with Crippen LogP contribution in [-0.4, -0.2) is 59.6 Å². The van der Waals surface area contributed by atoms with Gasteiger partial charge in [0.2, 0.25) is 5.91 Å². The van der Waals surface area contributed by atoms with Crippen LogP contribution in [0.3, 0.4) is 0 Å². The zero-order chi connectivity index (χ0) is 25.1. The van der Waals surface area contributed by atoms with Crippen molar-refractivity contribution in [2.24, 2.45) is 10.9 Å². The van der Waals surface area contributed by atoms with Gasteiger partial charge in [-0.25, -0.2) is 9.79 Å². The Labute approximate surface area is 210 Å². The summed E-state index contributed by atoms with van der Waals surface area (Å²) in [5.74, 6) is -1.02. The highest BCUT2D eigenvalue weighted by molar-refractivity contribution is 8.16. The molecule has 1 aromatic rings. The Hall–Kier alpha value is -3.07. The van der Waals surface area contributed by atoms with E-state index in [0.717, 1.165) is 34.8 Å². The predicted molar refractivity (Wildman–Crippen MR) is 134 cm³/mol. The summed E-state index contributed by atoms with van der Waals surface area (Å²) in [5, 5.41) is 2.66. The second-order valence-electron chi connectivity index (χ2n) is 8.85. The number of aliphatic imine (C=N–C) groups is 1. The highest BCUT2D eigenvalue weighted by Crippen LogP contribution is 2.45. The molecular formula is C26H31N3O5S. The number of benzene rings is 1. The predicted octanol–water partition coefficient (Wildman–Crippen LogP) is 3.93. The van der Waals surface area contributed by atoms with E-state index in [4.69, 9.17) is 9.47 Å². The molecule has 1 aromatic carbocycles. The van der Waals surface area contributed by atoms with Gasteiger partial charge in [-0.2, -0.15) is 0 Å². The van der Waals surface area contributed by atoms with Crippen molar-refractivity contribution in [1.82, 2.24) is 9.80 Å². The first-order valence-corrected chi connectivity index (χ1v) is 12.8. The lowest BCUT2D eigenvalue weighted by Gasteiger charge is -2.37. The molecule has 1 fully saturated rings. The quantitative estimate of drug-likeness (QED) is 0.550. The Balaban J connectivity index is 1.61. The summed E-state index contributed by atoms with van der Waals surface area (Å²) < 4.78 is 10.3. The summed E-state index contributed by atoms with van der Waals surface area (Å²) in [5.41, 5.74) is 3.84. The van der Waals surface area contributed by atoms with Gasteiger partial charge in [-0.05, 0) is 50.1 Å².